The second-order valence-corrected chi connectivity index (χ2v) is 1.29. The predicted molar refractivity (Wildman–Crippen MR) is 22.6 cm³/mol. The number of alkyl halides is 2. The van der Waals surface area contributed by atoms with Crippen LogP contribution in [0.15, 0.2) is 0 Å². The molecule has 0 amide bonds. The van der Waals surface area contributed by atoms with E-state index in [9.17, 15) is 8.78 Å². The monoisotopic (exact) mass is 110 g/mol. The van der Waals surface area contributed by atoms with Gasteiger partial charge in [-0.25, -0.2) is 4.39 Å². The maximum Gasteiger partial charge on any atom is 0.115 e. The van der Waals surface area contributed by atoms with Crippen molar-refractivity contribution in [2.24, 2.45) is 0 Å². The maximum atomic E-state index is 11.2. The Labute approximate surface area is 41.0 Å². The molecule has 44 valence electrons. The molecule has 0 aliphatic carbocycles. The van der Waals surface area contributed by atoms with Crippen LogP contribution in [0.2, 0.25) is 0 Å². The first-order valence-electron chi connectivity index (χ1n) is 2.11. The lowest BCUT2D eigenvalue weighted by Gasteiger charge is -1.97. The van der Waals surface area contributed by atoms with E-state index < -0.39 is 19.5 Å². The zero-order valence-corrected chi connectivity index (χ0v) is 3.90. The molecule has 0 aliphatic rings. The van der Waals surface area contributed by atoms with Crippen molar-refractivity contribution in [3.8, 4) is 0 Å². The van der Waals surface area contributed by atoms with Gasteiger partial charge in [-0.3, -0.25) is 4.39 Å². The molecule has 1 unspecified atom stereocenters. The smallest absolute Gasteiger partial charge is 0.115 e. The topological polar surface area (TPSA) is 20.2 Å². The minimum Gasteiger partial charge on any atom is -0.390 e. The van der Waals surface area contributed by atoms with E-state index in [0.717, 1.165) is 0 Å². The Morgan fingerprint density at radius 3 is 2.14 bits per heavy atom. The first-order valence-corrected chi connectivity index (χ1v) is 2.11. The van der Waals surface area contributed by atoms with Crippen molar-refractivity contribution in [2.75, 3.05) is 13.3 Å². The second-order valence-electron chi connectivity index (χ2n) is 1.29. The average Bonchev–Trinajstić information content (AvgIpc) is 1.68. The highest BCUT2D eigenvalue weighted by atomic mass is 19.1. The highest BCUT2D eigenvalue weighted by Crippen LogP contribution is 1.90. The van der Waals surface area contributed by atoms with Crippen molar-refractivity contribution < 1.29 is 13.9 Å². The molecule has 7 heavy (non-hydrogen) atoms. The lowest BCUT2D eigenvalue weighted by Crippen LogP contribution is -2.08. The fraction of sp³-hybridized carbons (Fsp3) is 1.00. The van der Waals surface area contributed by atoms with Gasteiger partial charge in [-0.2, -0.15) is 0 Å². The second kappa shape index (κ2) is 3.99. The standard InChI is InChI=1S/C4H8F2O/c5-2-1-4(7)3-6/h4,7H,1-3H2. The Morgan fingerprint density at radius 2 is 2.00 bits per heavy atom. The van der Waals surface area contributed by atoms with Crippen molar-refractivity contribution >= 4 is 0 Å². The van der Waals surface area contributed by atoms with Gasteiger partial charge >= 0.3 is 0 Å². The number of hydrogen-bond acceptors (Lipinski definition) is 1. The quantitative estimate of drug-likeness (QED) is 0.566. The zero-order valence-electron chi connectivity index (χ0n) is 3.90. The van der Waals surface area contributed by atoms with Gasteiger partial charge in [0.25, 0.3) is 0 Å². The highest BCUT2D eigenvalue weighted by Gasteiger charge is 1.99. The van der Waals surface area contributed by atoms with Crippen LogP contribution in [0.1, 0.15) is 6.42 Å². The van der Waals surface area contributed by atoms with Crippen LogP contribution in [0.25, 0.3) is 0 Å². The van der Waals surface area contributed by atoms with E-state index >= 15 is 0 Å². The summed E-state index contributed by atoms with van der Waals surface area (Å²) >= 11 is 0. The van der Waals surface area contributed by atoms with Crippen LogP contribution in [0.3, 0.4) is 0 Å². The minimum absolute atomic E-state index is 0.0868. The SMILES string of the molecule is OC(CF)CCF. The summed E-state index contributed by atoms with van der Waals surface area (Å²) < 4.78 is 22.3. The summed E-state index contributed by atoms with van der Waals surface area (Å²) in [7, 11) is 0. The van der Waals surface area contributed by atoms with Crippen LogP contribution in [0.5, 0.6) is 0 Å². The summed E-state index contributed by atoms with van der Waals surface area (Å²) in [5, 5.41) is 8.24. The van der Waals surface area contributed by atoms with Crippen LogP contribution in [0.4, 0.5) is 8.78 Å². The largest absolute Gasteiger partial charge is 0.390 e. The lowest BCUT2D eigenvalue weighted by atomic mass is 10.3. The Kier molecular flexibility index (Phi) is 3.89. The van der Waals surface area contributed by atoms with Gasteiger partial charge in [0.2, 0.25) is 0 Å². The van der Waals surface area contributed by atoms with E-state index in [0.29, 0.717) is 0 Å². The Morgan fingerprint density at radius 1 is 1.43 bits per heavy atom. The molecular formula is C4H8F2O. The molecule has 0 fully saturated rings. The van der Waals surface area contributed by atoms with E-state index in [1.807, 2.05) is 0 Å². The van der Waals surface area contributed by atoms with Crippen LogP contribution in [-0.4, -0.2) is 24.6 Å². The van der Waals surface area contributed by atoms with Crippen LogP contribution >= 0.6 is 0 Å². The molecule has 0 aromatic carbocycles. The third-order valence-electron chi connectivity index (χ3n) is 0.620. The van der Waals surface area contributed by atoms with Gasteiger partial charge in [0.05, 0.1) is 12.8 Å². The van der Waals surface area contributed by atoms with E-state index in [1.165, 1.54) is 0 Å². The molecule has 0 saturated carbocycles. The third-order valence-corrected chi connectivity index (χ3v) is 0.620. The van der Waals surface area contributed by atoms with Gasteiger partial charge in [-0.15, -0.1) is 0 Å². The molecule has 0 bridgehead atoms. The molecule has 0 spiro atoms. The molecule has 0 aromatic rings. The molecule has 0 aliphatic heterocycles. The molecule has 0 aromatic heterocycles. The molecule has 3 heteroatoms. The normalized spacial score (nSPS) is 14.1. The van der Waals surface area contributed by atoms with Gasteiger partial charge in [0.1, 0.15) is 6.67 Å². The molecular weight excluding hydrogens is 102 g/mol. The number of rotatable bonds is 3. The fourth-order valence-corrected chi connectivity index (χ4v) is 0.203. The molecule has 0 saturated heterocycles. The Balaban J connectivity index is 2.83. The number of halogens is 2. The zero-order chi connectivity index (χ0) is 5.70. The van der Waals surface area contributed by atoms with Crippen LogP contribution in [-0.2, 0) is 0 Å². The number of aliphatic hydroxyl groups excluding tert-OH is 1. The van der Waals surface area contributed by atoms with Crippen molar-refractivity contribution in [1.82, 2.24) is 0 Å². The first-order chi connectivity index (χ1) is 3.31. The predicted octanol–water partition coefficient (Wildman–Crippen LogP) is 0.676. The summed E-state index contributed by atoms with van der Waals surface area (Å²) in [4.78, 5) is 0. The number of hydrogen-bond donors (Lipinski definition) is 1. The third kappa shape index (κ3) is 3.66. The molecule has 0 heterocycles. The van der Waals surface area contributed by atoms with Gasteiger partial charge in [0, 0.05) is 6.42 Å². The molecule has 0 rings (SSSR count). The van der Waals surface area contributed by atoms with E-state index in [4.69, 9.17) is 5.11 Å². The van der Waals surface area contributed by atoms with Crippen LogP contribution < -0.4 is 0 Å². The van der Waals surface area contributed by atoms with E-state index in [-0.39, 0.29) is 6.42 Å². The maximum absolute atomic E-state index is 11.2. The van der Waals surface area contributed by atoms with Gasteiger partial charge in [-0.05, 0) is 0 Å². The Bertz CT molecular complexity index is 40.7. The van der Waals surface area contributed by atoms with E-state index in [1.54, 1.807) is 0 Å². The van der Waals surface area contributed by atoms with Gasteiger partial charge < -0.3 is 5.11 Å². The molecule has 1 atom stereocenters. The van der Waals surface area contributed by atoms with Crippen molar-refractivity contribution in [2.45, 2.75) is 12.5 Å². The summed E-state index contributed by atoms with van der Waals surface area (Å²) in [6.45, 7) is -1.49. The van der Waals surface area contributed by atoms with Crippen molar-refractivity contribution in [3.05, 3.63) is 0 Å². The number of aliphatic hydroxyl groups is 1. The van der Waals surface area contributed by atoms with Crippen LogP contribution in [0, 0.1) is 0 Å². The summed E-state index contributed by atoms with van der Waals surface area (Å²) in [6.07, 6.45) is -1.18. The minimum atomic E-state index is -1.09. The van der Waals surface area contributed by atoms with Crippen molar-refractivity contribution in [3.63, 3.8) is 0 Å². The Hall–Kier alpha value is -0.180. The van der Waals surface area contributed by atoms with Crippen molar-refractivity contribution in [1.29, 1.82) is 0 Å². The highest BCUT2D eigenvalue weighted by molar-refractivity contribution is 4.48. The fourth-order valence-electron chi connectivity index (χ4n) is 0.203. The van der Waals surface area contributed by atoms with Gasteiger partial charge in [0.15, 0.2) is 0 Å². The summed E-state index contributed by atoms with van der Waals surface area (Å²) in [5.74, 6) is 0. The summed E-state index contributed by atoms with van der Waals surface area (Å²) in [5.41, 5.74) is 0. The summed E-state index contributed by atoms with van der Waals surface area (Å²) in [6, 6.07) is 0. The lowest BCUT2D eigenvalue weighted by molar-refractivity contribution is 0.122. The molecule has 1 nitrogen and oxygen atoms in total. The first kappa shape index (κ1) is 6.82. The molecule has 0 radical (unpaired) electrons. The average molecular weight is 110 g/mol. The van der Waals surface area contributed by atoms with E-state index in [2.05, 4.69) is 0 Å². The van der Waals surface area contributed by atoms with Gasteiger partial charge in [-0.1, -0.05) is 0 Å². The molecule has 1 N–H and O–H groups in total.